The van der Waals surface area contributed by atoms with E-state index in [1.54, 1.807) is 23.0 Å². The van der Waals surface area contributed by atoms with E-state index in [1.807, 2.05) is 30.5 Å². The van der Waals surface area contributed by atoms with Crippen LogP contribution in [0.3, 0.4) is 0 Å². The van der Waals surface area contributed by atoms with Crippen LogP contribution in [-0.2, 0) is 5.54 Å². The van der Waals surface area contributed by atoms with Gasteiger partial charge in [-0.3, -0.25) is 14.5 Å². The van der Waals surface area contributed by atoms with Crippen LogP contribution in [-0.4, -0.2) is 24.7 Å². The number of fused-ring (bicyclic) bond motifs is 1. The van der Waals surface area contributed by atoms with Gasteiger partial charge in [-0.1, -0.05) is 6.07 Å². The molecule has 150 valence electrons. The predicted octanol–water partition coefficient (Wildman–Crippen LogP) is 3.39. The molecule has 5 rings (SSSR count). The minimum atomic E-state index is -0.455. The normalized spacial score (nSPS) is 20.0. The zero-order valence-electron chi connectivity index (χ0n) is 16.5. The third-order valence-corrected chi connectivity index (χ3v) is 5.80. The van der Waals surface area contributed by atoms with Crippen LogP contribution in [0.4, 0.5) is 0 Å². The highest BCUT2D eigenvalue weighted by Crippen LogP contribution is 2.46. The Hall–Kier alpha value is -4.30. The summed E-state index contributed by atoms with van der Waals surface area (Å²) in [6, 6.07) is 16.9. The first-order chi connectivity index (χ1) is 15.1. The van der Waals surface area contributed by atoms with E-state index in [-0.39, 0.29) is 11.5 Å². The molecule has 0 aliphatic heterocycles. The topological polar surface area (TPSA) is 124 Å². The number of nitriles is 2. The number of aromatic amines is 1. The zero-order valence-corrected chi connectivity index (χ0v) is 16.5. The van der Waals surface area contributed by atoms with E-state index in [1.165, 1.54) is 6.07 Å². The Labute approximate surface area is 177 Å². The molecule has 8 heteroatoms. The lowest BCUT2D eigenvalue weighted by atomic mass is 9.67. The Balaban J connectivity index is 1.63. The molecular weight excluding hydrogens is 390 g/mol. The second-order valence-electron chi connectivity index (χ2n) is 7.79. The maximum Gasteiger partial charge on any atom is 0.248 e. The van der Waals surface area contributed by atoms with Gasteiger partial charge in [0.25, 0.3) is 0 Å². The lowest BCUT2D eigenvalue weighted by molar-refractivity contribution is 0.0884. The first-order valence-corrected chi connectivity index (χ1v) is 9.90. The number of nitrogens with one attached hydrogen (secondary N) is 1. The van der Waals surface area contributed by atoms with Crippen molar-refractivity contribution < 1.29 is 0 Å². The zero-order chi connectivity index (χ0) is 21.4. The maximum absolute atomic E-state index is 11.8. The van der Waals surface area contributed by atoms with Crippen LogP contribution in [0.5, 0.6) is 0 Å². The van der Waals surface area contributed by atoms with E-state index < -0.39 is 5.54 Å². The van der Waals surface area contributed by atoms with Crippen LogP contribution in [0.1, 0.15) is 19.3 Å². The summed E-state index contributed by atoms with van der Waals surface area (Å²) in [6.07, 6.45) is 5.08. The summed E-state index contributed by atoms with van der Waals surface area (Å²) in [7, 11) is 0. The lowest BCUT2D eigenvalue weighted by Gasteiger charge is -2.43. The second kappa shape index (κ2) is 7.19. The fraction of sp³-hybridized carbons (Fsp3) is 0.217. The van der Waals surface area contributed by atoms with Crippen LogP contribution in [0, 0.1) is 28.6 Å². The van der Waals surface area contributed by atoms with Gasteiger partial charge in [0, 0.05) is 23.8 Å². The third-order valence-electron chi connectivity index (χ3n) is 5.80. The molecule has 0 amide bonds. The van der Waals surface area contributed by atoms with Crippen LogP contribution in [0.25, 0.3) is 33.7 Å². The minimum absolute atomic E-state index is 0.0533. The molecule has 1 N–H and O–H groups in total. The van der Waals surface area contributed by atoms with Crippen LogP contribution < -0.4 is 5.56 Å². The molecule has 0 unspecified atom stereocenters. The van der Waals surface area contributed by atoms with Gasteiger partial charge in [0.15, 0.2) is 0 Å². The van der Waals surface area contributed by atoms with E-state index in [4.69, 9.17) is 10.1 Å². The summed E-state index contributed by atoms with van der Waals surface area (Å²) in [5, 5.41) is 24.1. The molecule has 1 aliphatic rings. The van der Waals surface area contributed by atoms with Gasteiger partial charge in [0.05, 0.1) is 46.9 Å². The first kappa shape index (κ1) is 18.7. The maximum atomic E-state index is 11.8. The molecule has 4 aromatic heterocycles. The SMILES string of the molecule is N#CCC1(n2ccc(-c3nc(-c4cccc(=O)[nH]4)cc4ncccc34)n2)CC(C#N)C1. The quantitative estimate of drug-likeness (QED) is 0.553. The van der Waals surface area contributed by atoms with Crippen molar-refractivity contribution >= 4 is 10.9 Å². The lowest BCUT2D eigenvalue weighted by Crippen LogP contribution is -2.46. The number of H-pyrrole nitrogens is 1. The van der Waals surface area contributed by atoms with Crippen molar-refractivity contribution in [3.63, 3.8) is 0 Å². The van der Waals surface area contributed by atoms with Gasteiger partial charge >= 0.3 is 0 Å². The summed E-state index contributed by atoms with van der Waals surface area (Å²) in [5.74, 6) is -0.0533. The smallest absolute Gasteiger partial charge is 0.248 e. The molecular formula is C23H17N7O. The van der Waals surface area contributed by atoms with Gasteiger partial charge < -0.3 is 4.98 Å². The minimum Gasteiger partial charge on any atom is -0.321 e. The van der Waals surface area contributed by atoms with Gasteiger partial charge in [-0.05, 0) is 43.2 Å². The largest absolute Gasteiger partial charge is 0.321 e. The average molecular weight is 407 g/mol. The van der Waals surface area contributed by atoms with E-state index >= 15 is 0 Å². The van der Waals surface area contributed by atoms with Crippen molar-refractivity contribution in [2.75, 3.05) is 0 Å². The van der Waals surface area contributed by atoms with E-state index in [2.05, 4.69) is 22.1 Å². The number of hydrogen-bond donors (Lipinski definition) is 1. The number of rotatable bonds is 4. The Kier molecular flexibility index (Phi) is 4.34. The Morgan fingerprint density at radius 2 is 2.03 bits per heavy atom. The van der Waals surface area contributed by atoms with Crippen molar-refractivity contribution in [2.45, 2.75) is 24.8 Å². The van der Waals surface area contributed by atoms with E-state index in [9.17, 15) is 15.3 Å². The van der Waals surface area contributed by atoms with Gasteiger partial charge in [0.2, 0.25) is 5.56 Å². The highest BCUT2D eigenvalue weighted by atomic mass is 16.1. The summed E-state index contributed by atoms with van der Waals surface area (Å²) < 4.78 is 1.81. The summed E-state index contributed by atoms with van der Waals surface area (Å²) in [5.41, 5.74) is 2.56. The molecule has 0 saturated heterocycles. The van der Waals surface area contributed by atoms with E-state index in [0.29, 0.717) is 42.0 Å². The number of nitrogens with zero attached hydrogens (tertiary/aromatic N) is 6. The molecule has 0 radical (unpaired) electrons. The molecule has 4 aromatic rings. The monoisotopic (exact) mass is 407 g/mol. The summed E-state index contributed by atoms with van der Waals surface area (Å²) >= 11 is 0. The summed E-state index contributed by atoms with van der Waals surface area (Å²) in [4.78, 5) is 23.8. The second-order valence-corrected chi connectivity index (χ2v) is 7.79. The third kappa shape index (κ3) is 3.15. The van der Waals surface area contributed by atoms with Crippen molar-refractivity contribution in [2.24, 2.45) is 5.92 Å². The Morgan fingerprint density at radius 1 is 1.16 bits per heavy atom. The Bertz CT molecular complexity index is 1430. The fourth-order valence-corrected chi connectivity index (χ4v) is 4.23. The fourth-order valence-electron chi connectivity index (χ4n) is 4.23. The molecule has 0 spiro atoms. The molecule has 4 heterocycles. The van der Waals surface area contributed by atoms with Crippen LogP contribution >= 0.6 is 0 Å². The van der Waals surface area contributed by atoms with Crippen LogP contribution in [0.15, 0.2) is 59.7 Å². The molecule has 0 bridgehead atoms. The van der Waals surface area contributed by atoms with E-state index in [0.717, 1.165) is 10.9 Å². The Morgan fingerprint density at radius 3 is 2.81 bits per heavy atom. The van der Waals surface area contributed by atoms with Crippen molar-refractivity contribution in [1.29, 1.82) is 10.5 Å². The van der Waals surface area contributed by atoms with Crippen molar-refractivity contribution in [1.82, 2.24) is 24.7 Å². The van der Waals surface area contributed by atoms with Crippen molar-refractivity contribution in [3.8, 4) is 34.9 Å². The molecule has 31 heavy (non-hydrogen) atoms. The molecule has 1 aliphatic carbocycles. The average Bonchev–Trinajstić information content (AvgIpc) is 3.25. The molecule has 1 saturated carbocycles. The van der Waals surface area contributed by atoms with Crippen LogP contribution in [0.2, 0.25) is 0 Å². The number of hydrogen-bond acceptors (Lipinski definition) is 6. The first-order valence-electron chi connectivity index (χ1n) is 9.90. The standard InChI is InChI=1S/C23H17N7O/c24-8-7-23(12-15(13-23)14-25)30-10-6-18(29-30)22-16-3-2-9-26-19(16)11-20(28-22)17-4-1-5-21(31)27-17/h1-6,9-11,15H,7,12-13H2,(H,27,31). The van der Waals surface area contributed by atoms with Crippen molar-refractivity contribution in [3.05, 3.63) is 65.2 Å². The molecule has 8 nitrogen and oxygen atoms in total. The molecule has 0 atom stereocenters. The highest BCUT2D eigenvalue weighted by Gasteiger charge is 2.46. The van der Waals surface area contributed by atoms with Gasteiger partial charge in [0.1, 0.15) is 11.4 Å². The molecule has 0 aromatic carbocycles. The number of aromatic nitrogens is 5. The van der Waals surface area contributed by atoms with Gasteiger partial charge in [-0.25, -0.2) is 4.98 Å². The highest BCUT2D eigenvalue weighted by molar-refractivity contribution is 5.93. The van der Waals surface area contributed by atoms with Gasteiger partial charge in [-0.2, -0.15) is 15.6 Å². The predicted molar refractivity (Wildman–Crippen MR) is 113 cm³/mol. The number of pyridine rings is 3. The summed E-state index contributed by atoms with van der Waals surface area (Å²) in [6.45, 7) is 0. The van der Waals surface area contributed by atoms with Gasteiger partial charge in [-0.15, -0.1) is 0 Å². The molecule has 1 fully saturated rings.